The van der Waals surface area contributed by atoms with Crippen molar-refractivity contribution in [1.82, 2.24) is 0 Å². The maximum atomic E-state index is 5.66. The molecule has 1 unspecified atom stereocenters. The average Bonchev–Trinajstić information content (AvgIpc) is 2.90. The molecule has 210 valence electrons. The molecule has 0 aliphatic carbocycles. The lowest BCUT2D eigenvalue weighted by Crippen LogP contribution is -2.45. The van der Waals surface area contributed by atoms with E-state index in [1.165, 1.54) is 102 Å². The second kappa shape index (κ2) is 20.3. The molecule has 0 saturated carbocycles. The molecule has 0 aliphatic rings. The Bertz CT molecular complexity index is 613. The smallest absolute Gasteiger partial charge is 0.377 e. The second-order valence-corrected chi connectivity index (χ2v) is 14.3. The minimum atomic E-state index is -2.51. The molecule has 4 nitrogen and oxygen atoms in total. The quantitative estimate of drug-likeness (QED) is 0.0770. The zero-order chi connectivity index (χ0) is 26.5. The summed E-state index contributed by atoms with van der Waals surface area (Å²) < 4.78 is 18.0. The van der Waals surface area contributed by atoms with E-state index in [0.717, 1.165) is 23.4 Å². The van der Waals surface area contributed by atoms with Gasteiger partial charge in [0.1, 0.15) is 6.04 Å². The minimum Gasteiger partial charge on any atom is -0.377 e. The van der Waals surface area contributed by atoms with Crippen molar-refractivity contribution >= 4 is 8.80 Å². The van der Waals surface area contributed by atoms with Crippen LogP contribution in [-0.2, 0) is 13.3 Å². The summed E-state index contributed by atoms with van der Waals surface area (Å²) in [5.74, 6) is 0. The van der Waals surface area contributed by atoms with Crippen molar-refractivity contribution in [2.24, 2.45) is 0 Å². The average molecular weight is 523 g/mol. The van der Waals surface area contributed by atoms with Gasteiger partial charge in [0, 0.05) is 39.4 Å². The van der Waals surface area contributed by atoms with E-state index < -0.39 is 8.80 Å². The van der Waals surface area contributed by atoms with Crippen LogP contribution in [0.4, 0.5) is 0 Å². The topological polar surface area (TPSA) is 27.7 Å². The first-order valence-electron chi connectivity index (χ1n) is 15.0. The number of hydrogen-bond acceptors (Lipinski definition) is 3. The first-order valence-corrected chi connectivity index (χ1v) is 16.9. The molecular weight excluding hydrogens is 462 g/mol. The lowest BCUT2D eigenvalue weighted by molar-refractivity contribution is -0.921. The highest BCUT2D eigenvalue weighted by atomic mass is 28.4. The van der Waals surface area contributed by atoms with Crippen LogP contribution in [0.2, 0.25) is 6.04 Å². The fourth-order valence-electron chi connectivity index (χ4n) is 5.53. The molecule has 0 heterocycles. The van der Waals surface area contributed by atoms with Gasteiger partial charge >= 0.3 is 8.80 Å². The van der Waals surface area contributed by atoms with Gasteiger partial charge in [-0.25, -0.2) is 0 Å². The summed E-state index contributed by atoms with van der Waals surface area (Å²) in [6.07, 6.45) is 21.9. The van der Waals surface area contributed by atoms with Crippen LogP contribution < -0.4 is 0 Å². The normalized spacial score (nSPS) is 13.3. The van der Waals surface area contributed by atoms with Crippen molar-refractivity contribution in [2.45, 2.75) is 122 Å². The van der Waals surface area contributed by atoms with Crippen molar-refractivity contribution in [2.75, 3.05) is 42.0 Å². The van der Waals surface area contributed by atoms with Gasteiger partial charge in [0.25, 0.3) is 0 Å². The molecule has 0 saturated heterocycles. The van der Waals surface area contributed by atoms with E-state index in [-0.39, 0.29) is 0 Å². The lowest BCUT2D eigenvalue weighted by Gasteiger charge is -2.39. The molecule has 0 spiro atoms. The standard InChI is InChI=1S/C31H60NO3Si/c1-7-8-9-10-11-12-13-14-15-16-17-18-19-23-28-32(2,3)31(30-25-21-20-22-26-30)27-24-29-36(33-4,34-5)35-6/h20-22,25-26,31H,7-19,23-24,27-29H2,1-6H3/q+1. The molecule has 1 aromatic rings. The Morgan fingerprint density at radius 1 is 0.639 bits per heavy atom. The molecule has 0 N–H and O–H groups in total. The van der Waals surface area contributed by atoms with E-state index in [1.54, 1.807) is 21.3 Å². The Labute approximate surface area is 226 Å². The molecule has 36 heavy (non-hydrogen) atoms. The molecule has 1 rings (SSSR count). The van der Waals surface area contributed by atoms with E-state index in [1.807, 2.05) is 0 Å². The Morgan fingerprint density at radius 2 is 1.08 bits per heavy atom. The molecule has 0 amide bonds. The summed E-state index contributed by atoms with van der Waals surface area (Å²) in [6.45, 7) is 3.52. The number of hydrogen-bond donors (Lipinski definition) is 0. The van der Waals surface area contributed by atoms with E-state index in [9.17, 15) is 0 Å². The fourth-order valence-corrected chi connectivity index (χ4v) is 7.28. The van der Waals surface area contributed by atoms with Crippen molar-refractivity contribution in [3.8, 4) is 0 Å². The Morgan fingerprint density at radius 3 is 1.53 bits per heavy atom. The van der Waals surface area contributed by atoms with Crippen molar-refractivity contribution in [1.29, 1.82) is 0 Å². The Hall–Kier alpha value is -0.723. The van der Waals surface area contributed by atoms with E-state index >= 15 is 0 Å². The molecule has 1 aromatic carbocycles. The van der Waals surface area contributed by atoms with Gasteiger partial charge in [-0.3, -0.25) is 0 Å². The largest absolute Gasteiger partial charge is 0.500 e. The van der Waals surface area contributed by atoms with Crippen LogP contribution in [0, 0.1) is 0 Å². The molecular formula is C31H60NO3Si+. The summed E-state index contributed by atoms with van der Waals surface area (Å²) in [6, 6.07) is 12.4. The van der Waals surface area contributed by atoms with Crippen LogP contribution >= 0.6 is 0 Å². The maximum absolute atomic E-state index is 5.66. The van der Waals surface area contributed by atoms with Gasteiger partial charge in [0.2, 0.25) is 0 Å². The molecule has 0 bridgehead atoms. The minimum absolute atomic E-state index is 0.477. The maximum Gasteiger partial charge on any atom is 0.500 e. The molecule has 0 aromatic heterocycles. The fraction of sp³-hybridized carbons (Fsp3) is 0.806. The lowest BCUT2D eigenvalue weighted by atomic mass is 9.98. The van der Waals surface area contributed by atoms with Gasteiger partial charge in [0.15, 0.2) is 0 Å². The summed E-state index contributed by atoms with van der Waals surface area (Å²) in [7, 11) is 7.44. The van der Waals surface area contributed by atoms with Gasteiger partial charge < -0.3 is 17.8 Å². The van der Waals surface area contributed by atoms with Gasteiger partial charge in [-0.1, -0.05) is 114 Å². The van der Waals surface area contributed by atoms with Gasteiger partial charge in [-0.2, -0.15) is 0 Å². The molecule has 0 aliphatic heterocycles. The number of quaternary nitrogens is 1. The van der Waals surface area contributed by atoms with E-state index in [0.29, 0.717) is 6.04 Å². The van der Waals surface area contributed by atoms with Crippen LogP contribution in [0.3, 0.4) is 0 Å². The van der Waals surface area contributed by atoms with Crippen LogP contribution in [0.15, 0.2) is 30.3 Å². The van der Waals surface area contributed by atoms with E-state index in [4.69, 9.17) is 13.3 Å². The van der Waals surface area contributed by atoms with Gasteiger partial charge in [-0.05, 0) is 19.3 Å². The summed E-state index contributed by atoms with van der Waals surface area (Å²) >= 11 is 0. The first-order chi connectivity index (χ1) is 17.4. The van der Waals surface area contributed by atoms with Crippen molar-refractivity contribution < 1.29 is 17.8 Å². The monoisotopic (exact) mass is 522 g/mol. The molecule has 1 atom stereocenters. The number of nitrogens with zero attached hydrogens (tertiary/aromatic N) is 1. The Balaban J connectivity index is 2.34. The zero-order valence-corrected chi connectivity index (χ0v) is 25.9. The highest BCUT2D eigenvalue weighted by Crippen LogP contribution is 2.32. The van der Waals surface area contributed by atoms with Crippen molar-refractivity contribution in [3.05, 3.63) is 35.9 Å². The summed E-state index contributed by atoms with van der Waals surface area (Å²) in [5, 5.41) is 0. The van der Waals surface area contributed by atoms with Crippen LogP contribution in [-0.4, -0.2) is 55.3 Å². The predicted molar refractivity (Wildman–Crippen MR) is 157 cm³/mol. The third kappa shape index (κ3) is 13.7. The molecule has 0 radical (unpaired) electrons. The van der Waals surface area contributed by atoms with Crippen LogP contribution in [0.25, 0.3) is 0 Å². The molecule has 0 fully saturated rings. The zero-order valence-electron chi connectivity index (χ0n) is 24.9. The number of rotatable bonds is 24. The predicted octanol–water partition coefficient (Wildman–Crippen LogP) is 8.94. The van der Waals surface area contributed by atoms with Crippen LogP contribution in [0.1, 0.15) is 121 Å². The number of benzene rings is 1. The highest BCUT2D eigenvalue weighted by molar-refractivity contribution is 6.60. The third-order valence-corrected chi connectivity index (χ3v) is 10.8. The summed E-state index contributed by atoms with van der Waals surface area (Å²) in [5.41, 5.74) is 1.44. The third-order valence-electron chi connectivity index (χ3n) is 8.01. The molecule has 5 heteroatoms. The Kier molecular flexibility index (Phi) is 18.7. The highest BCUT2D eigenvalue weighted by Gasteiger charge is 2.38. The van der Waals surface area contributed by atoms with Gasteiger partial charge in [0.05, 0.1) is 20.6 Å². The van der Waals surface area contributed by atoms with E-state index in [2.05, 4.69) is 51.4 Å². The SMILES string of the molecule is CCCCCCCCCCCCCCCC[N+](C)(C)C(CCC[Si](OC)(OC)OC)c1ccccc1. The summed E-state index contributed by atoms with van der Waals surface area (Å²) in [4.78, 5) is 0. The van der Waals surface area contributed by atoms with Crippen LogP contribution in [0.5, 0.6) is 0 Å². The van der Waals surface area contributed by atoms with Crippen molar-refractivity contribution in [3.63, 3.8) is 0 Å². The number of unbranched alkanes of at least 4 members (excludes halogenated alkanes) is 13. The first kappa shape index (κ1) is 33.3. The van der Waals surface area contributed by atoms with Gasteiger partial charge in [-0.15, -0.1) is 0 Å². The second-order valence-electron chi connectivity index (χ2n) is 11.2.